The molecule has 1 aromatic rings. The summed E-state index contributed by atoms with van der Waals surface area (Å²) in [6.07, 6.45) is 2.20. The van der Waals surface area contributed by atoms with Crippen molar-refractivity contribution in [3.8, 4) is 0 Å². The summed E-state index contributed by atoms with van der Waals surface area (Å²) in [6, 6.07) is -0.0261. The fourth-order valence-electron chi connectivity index (χ4n) is 1.04. The Morgan fingerprint density at radius 2 is 2.20 bits per heavy atom. The molecule has 0 bridgehead atoms. The quantitative estimate of drug-likeness (QED) is 0.467. The number of nitrogen functional groups attached to an aromatic ring is 1. The fraction of sp³-hybridized carbons (Fsp3) is 0.500. The standard InChI is InChI=1S/C8H14BrN5O/c1-2-5(3-15)13-7-6(9)8(14-10)12-4-11-7/h4-5,15H,2-3,10H2,1H3,(H2,11,12,13,14). The molecule has 1 aromatic heterocycles. The average Bonchev–Trinajstić information content (AvgIpc) is 2.28. The van der Waals surface area contributed by atoms with Gasteiger partial charge in [0.05, 0.1) is 12.6 Å². The van der Waals surface area contributed by atoms with Gasteiger partial charge in [0.15, 0.2) is 5.82 Å². The number of anilines is 2. The van der Waals surface area contributed by atoms with E-state index in [4.69, 9.17) is 10.9 Å². The molecule has 0 aromatic carbocycles. The minimum Gasteiger partial charge on any atom is -0.394 e. The van der Waals surface area contributed by atoms with Crippen LogP contribution in [0.3, 0.4) is 0 Å². The van der Waals surface area contributed by atoms with Crippen LogP contribution in [0.5, 0.6) is 0 Å². The van der Waals surface area contributed by atoms with Gasteiger partial charge in [0.25, 0.3) is 0 Å². The summed E-state index contributed by atoms with van der Waals surface area (Å²) in [5.74, 6) is 6.38. The highest BCUT2D eigenvalue weighted by atomic mass is 79.9. The van der Waals surface area contributed by atoms with E-state index in [9.17, 15) is 0 Å². The molecule has 0 saturated heterocycles. The van der Waals surface area contributed by atoms with Gasteiger partial charge in [-0.3, -0.25) is 0 Å². The maximum atomic E-state index is 9.04. The van der Waals surface area contributed by atoms with E-state index < -0.39 is 0 Å². The van der Waals surface area contributed by atoms with E-state index >= 15 is 0 Å². The van der Waals surface area contributed by atoms with Gasteiger partial charge < -0.3 is 15.8 Å². The smallest absolute Gasteiger partial charge is 0.159 e. The van der Waals surface area contributed by atoms with Gasteiger partial charge in [0.2, 0.25) is 0 Å². The highest BCUT2D eigenvalue weighted by molar-refractivity contribution is 9.10. The van der Waals surface area contributed by atoms with Crippen molar-refractivity contribution in [2.24, 2.45) is 5.84 Å². The summed E-state index contributed by atoms with van der Waals surface area (Å²) in [5, 5.41) is 12.1. The SMILES string of the molecule is CCC(CO)Nc1ncnc(NN)c1Br. The Morgan fingerprint density at radius 1 is 1.53 bits per heavy atom. The molecule has 6 nitrogen and oxygen atoms in total. The zero-order valence-corrected chi connectivity index (χ0v) is 9.95. The first-order chi connectivity index (χ1) is 7.22. The van der Waals surface area contributed by atoms with E-state index in [0.29, 0.717) is 16.1 Å². The maximum absolute atomic E-state index is 9.04. The fourth-order valence-corrected chi connectivity index (χ4v) is 1.47. The molecule has 84 valence electrons. The molecule has 0 radical (unpaired) electrons. The number of aromatic nitrogens is 2. The highest BCUT2D eigenvalue weighted by Gasteiger charge is 2.11. The Kier molecular flexibility index (Phi) is 4.73. The number of rotatable bonds is 5. The number of hydrogen-bond donors (Lipinski definition) is 4. The number of nitrogens with one attached hydrogen (secondary N) is 2. The van der Waals surface area contributed by atoms with Gasteiger partial charge in [0.1, 0.15) is 16.6 Å². The number of hydrazine groups is 1. The van der Waals surface area contributed by atoms with Crippen molar-refractivity contribution < 1.29 is 5.11 Å². The Hall–Kier alpha value is -0.920. The van der Waals surface area contributed by atoms with Gasteiger partial charge in [-0.25, -0.2) is 15.8 Å². The molecule has 1 heterocycles. The number of aliphatic hydroxyl groups is 1. The van der Waals surface area contributed by atoms with Crippen molar-refractivity contribution in [3.63, 3.8) is 0 Å². The summed E-state index contributed by atoms with van der Waals surface area (Å²) >= 11 is 3.32. The third-order valence-corrected chi connectivity index (χ3v) is 2.73. The van der Waals surface area contributed by atoms with Crippen LogP contribution in [-0.2, 0) is 0 Å². The first kappa shape index (κ1) is 12.2. The van der Waals surface area contributed by atoms with E-state index in [2.05, 4.69) is 36.6 Å². The lowest BCUT2D eigenvalue weighted by Gasteiger charge is -2.16. The summed E-state index contributed by atoms with van der Waals surface area (Å²) in [5.41, 5.74) is 2.44. The first-order valence-corrected chi connectivity index (χ1v) is 5.36. The third kappa shape index (κ3) is 3.01. The van der Waals surface area contributed by atoms with Gasteiger partial charge in [-0.2, -0.15) is 0 Å². The summed E-state index contributed by atoms with van der Waals surface area (Å²) in [6.45, 7) is 2.03. The second kappa shape index (κ2) is 5.84. The van der Waals surface area contributed by atoms with Crippen LogP contribution in [0.1, 0.15) is 13.3 Å². The number of hydrogen-bond acceptors (Lipinski definition) is 6. The molecule has 0 saturated carbocycles. The van der Waals surface area contributed by atoms with Crippen LogP contribution in [0.25, 0.3) is 0 Å². The van der Waals surface area contributed by atoms with E-state index in [1.807, 2.05) is 6.92 Å². The molecule has 0 fully saturated rings. The molecule has 1 unspecified atom stereocenters. The molecular formula is C8H14BrN5O. The molecule has 0 amide bonds. The van der Waals surface area contributed by atoms with E-state index in [1.165, 1.54) is 6.33 Å². The van der Waals surface area contributed by atoms with Gasteiger partial charge in [0, 0.05) is 0 Å². The van der Waals surface area contributed by atoms with Crippen molar-refractivity contribution in [1.29, 1.82) is 0 Å². The molecule has 0 aliphatic rings. The lowest BCUT2D eigenvalue weighted by molar-refractivity contribution is 0.271. The van der Waals surface area contributed by atoms with Crippen molar-refractivity contribution in [2.45, 2.75) is 19.4 Å². The Bertz CT molecular complexity index is 318. The van der Waals surface area contributed by atoms with Crippen LogP contribution in [0.15, 0.2) is 10.8 Å². The van der Waals surface area contributed by atoms with Crippen LogP contribution in [0.2, 0.25) is 0 Å². The zero-order chi connectivity index (χ0) is 11.3. The predicted octanol–water partition coefficient (Wildman–Crippen LogP) is 0.708. The van der Waals surface area contributed by atoms with Gasteiger partial charge in [-0.1, -0.05) is 6.92 Å². The molecule has 0 aliphatic heterocycles. The lowest BCUT2D eigenvalue weighted by Crippen LogP contribution is -2.24. The van der Waals surface area contributed by atoms with Gasteiger partial charge in [-0.05, 0) is 22.4 Å². The van der Waals surface area contributed by atoms with Crippen LogP contribution < -0.4 is 16.6 Å². The van der Waals surface area contributed by atoms with E-state index in [1.54, 1.807) is 0 Å². The molecule has 5 N–H and O–H groups in total. The Balaban J connectivity index is 2.85. The maximum Gasteiger partial charge on any atom is 0.159 e. The van der Waals surface area contributed by atoms with E-state index in [0.717, 1.165) is 6.42 Å². The number of nitrogens with zero attached hydrogens (tertiary/aromatic N) is 2. The predicted molar refractivity (Wildman–Crippen MR) is 62.3 cm³/mol. The second-order valence-electron chi connectivity index (χ2n) is 2.96. The molecule has 15 heavy (non-hydrogen) atoms. The molecule has 1 rings (SSSR count). The minimum absolute atomic E-state index is 0.0261. The minimum atomic E-state index is -0.0261. The normalized spacial score (nSPS) is 12.3. The zero-order valence-electron chi connectivity index (χ0n) is 8.37. The summed E-state index contributed by atoms with van der Waals surface area (Å²) < 4.78 is 0.652. The summed E-state index contributed by atoms with van der Waals surface area (Å²) in [7, 11) is 0. The second-order valence-corrected chi connectivity index (χ2v) is 3.75. The molecule has 1 atom stereocenters. The Labute approximate surface area is 96.4 Å². The van der Waals surface area contributed by atoms with Crippen molar-refractivity contribution in [2.75, 3.05) is 17.3 Å². The molecular weight excluding hydrogens is 262 g/mol. The highest BCUT2D eigenvalue weighted by Crippen LogP contribution is 2.26. The topological polar surface area (TPSA) is 96.1 Å². The summed E-state index contributed by atoms with van der Waals surface area (Å²) in [4.78, 5) is 7.97. The Morgan fingerprint density at radius 3 is 2.73 bits per heavy atom. The first-order valence-electron chi connectivity index (χ1n) is 4.57. The van der Waals surface area contributed by atoms with Crippen molar-refractivity contribution >= 4 is 27.6 Å². The largest absolute Gasteiger partial charge is 0.394 e. The van der Waals surface area contributed by atoms with Crippen molar-refractivity contribution in [1.82, 2.24) is 9.97 Å². The van der Waals surface area contributed by atoms with Crippen molar-refractivity contribution in [3.05, 3.63) is 10.8 Å². The monoisotopic (exact) mass is 275 g/mol. The van der Waals surface area contributed by atoms with Crippen LogP contribution in [0.4, 0.5) is 11.6 Å². The van der Waals surface area contributed by atoms with Gasteiger partial charge in [-0.15, -0.1) is 0 Å². The lowest BCUT2D eigenvalue weighted by atomic mass is 10.2. The molecule has 7 heteroatoms. The van der Waals surface area contributed by atoms with Gasteiger partial charge >= 0.3 is 0 Å². The molecule has 0 aliphatic carbocycles. The third-order valence-electron chi connectivity index (χ3n) is 1.98. The van der Waals surface area contributed by atoms with Crippen LogP contribution in [-0.4, -0.2) is 27.7 Å². The number of halogens is 1. The number of nitrogens with two attached hydrogens (primary N) is 1. The number of aliphatic hydroxyl groups excluding tert-OH is 1. The van der Waals surface area contributed by atoms with E-state index in [-0.39, 0.29) is 12.6 Å². The van der Waals surface area contributed by atoms with Crippen LogP contribution in [0, 0.1) is 0 Å². The molecule has 0 spiro atoms. The van der Waals surface area contributed by atoms with Crippen LogP contribution >= 0.6 is 15.9 Å². The average molecular weight is 276 g/mol.